The molecule has 140 valence electrons. The molecule has 0 radical (unpaired) electrons. The zero-order valence-corrected chi connectivity index (χ0v) is 16.3. The smallest absolute Gasteiger partial charge is 0.338 e. The fraction of sp³-hybridized carbons (Fsp3) is 0.381. The average Bonchev–Trinajstić information content (AvgIpc) is 3.03. The molecule has 0 saturated carbocycles. The van der Waals surface area contributed by atoms with Gasteiger partial charge < -0.3 is 4.74 Å². The molecule has 1 atom stereocenters. The number of fused-ring (bicyclic) bond motifs is 3. The van der Waals surface area contributed by atoms with Crippen molar-refractivity contribution in [1.29, 1.82) is 0 Å². The van der Waals surface area contributed by atoms with Crippen LogP contribution in [-0.2, 0) is 24.1 Å². The van der Waals surface area contributed by atoms with Gasteiger partial charge in [0.2, 0.25) is 0 Å². The van der Waals surface area contributed by atoms with Crippen LogP contribution in [0.3, 0.4) is 0 Å². The molecule has 0 fully saturated rings. The third kappa shape index (κ3) is 3.41. The lowest BCUT2D eigenvalue weighted by Gasteiger charge is -2.17. The lowest BCUT2D eigenvalue weighted by atomic mass is 9.89. The number of aromatic nitrogens is 2. The van der Waals surface area contributed by atoms with Crippen molar-refractivity contribution in [3.63, 3.8) is 0 Å². The van der Waals surface area contributed by atoms with Gasteiger partial charge >= 0.3 is 5.97 Å². The number of hydrogen-bond acceptors (Lipinski definition) is 5. The van der Waals surface area contributed by atoms with Crippen LogP contribution >= 0.6 is 11.3 Å². The van der Waals surface area contributed by atoms with Crippen LogP contribution in [0.4, 0.5) is 0 Å². The van der Waals surface area contributed by atoms with Gasteiger partial charge in [0.1, 0.15) is 4.83 Å². The minimum atomic E-state index is -0.330. The van der Waals surface area contributed by atoms with Gasteiger partial charge in [-0.15, -0.1) is 11.3 Å². The van der Waals surface area contributed by atoms with E-state index in [2.05, 4.69) is 11.9 Å². The zero-order valence-electron chi connectivity index (χ0n) is 15.5. The van der Waals surface area contributed by atoms with Crippen molar-refractivity contribution in [3.8, 4) is 0 Å². The summed E-state index contributed by atoms with van der Waals surface area (Å²) in [5.41, 5.74) is 2.70. The van der Waals surface area contributed by atoms with E-state index in [1.54, 1.807) is 41.3 Å². The average molecular weight is 382 g/mol. The largest absolute Gasteiger partial charge is 0.462 e. The van der Waals surface area contributed by atoms with E-state index in [4.69, 9.17) is 4.74 Å². The van der Waals surface area contributed by atoms with Gasteiger partial charge in [0.25, 0.3) is 5.56 Å². The molecule has 0 amide bonds. The molecule has 0 N–H and O–H groups in total. The number of thiophene rings is 1. The topological polar surface area (TPSA) is 61.2 Å². The van der Waals surface area contributed by atoms with Crippen LogP contribution in [0.1, 0.15) is 46.6 Å². The second-order valence-electron chi connectivity index (χ2n) is 7.13. The summed E-state index contributed by atoms with van der Waals surface area (Å²) in [6, 6.07) is 7.18. The second kappa shape index (κ2) is 7.27. The first-order valence-corrected chi connectivity index (χ1v) is 10.1. The van der Waals surface area contributed by atoms with Gasteiger partial charge in [-0.25, -0.2) is 9.78 Å². The quantitative estimate of drug-likeness (QED) is 0.644. The van der Waals surface area contributed by atoms with Gasteiger partial charge in [-0.1, -0.05) is 19.1 Å². The summed E-state index contributed by atoms with van der Waals surface area (Å²) < 4.78 is 6.66. The Kier molecular flexibility index (Phi) is 4.83. The van der Waals surface area contributed by atoms with Gasteiger partial charge in [-0.05, 0) is 55.4 Å². The maximum absolute atomic E-state index is 13.1. The van der Waals surface area contributed by atoms with E-state index in [9.17, 15) is 9.59 Å². The van der Waals surface area contributed by atoms with Crippen molar-refractivity contribution in [2.45, 2.75) is 39.7 Å². The van der Waals surface area contributed by atoms with Crippen molar-refractivity contribution >= 4 is 27.5 Å². The Labute approximate surface area is 161 Å². The van der Waals surface area contributed by atoms with E-state index in [1.165, 1.54) is 10.4 Å². The molecule has 0 saturated heterocycles. The fourth-order valence-electron chi connectivity index (χ4n) is 3.64. The Morgan fingerprint density at radius 3 is 2.85 bits per heavy atom. The summed E-state index contributed by atoms with van der Waals surface area (Å²) in [7, 11) is 0. The van der Waals surface area contributed by atoms with Gasteiger partial charge in [-0.3, -0.25) is 9.36 Å². The molecule has 2 aromatic heterocycles. The van der Waals surface area contributed by atoms with Gasteiger partial charge in [0.05, 0.1) is 30.4 Å². The first kappa shape index (κ1) is 17.9. The SMILES string of the molecule is CCOC(=O)c1ccc(Cn2cnc3sc4c(c3c2=O)CC[C@@H](C)C4)cc1. The van der Waals surface area contributed by atoms with E-state index in [0.29, 0.717) is 24.6 Å². The third-order valence-corrected chi connectivity index (χ3v) is 6.26. The highest BCUT2D eigenvalue weighted by atomic mass is 32.1. The van der Waals surface area contributed by atoms with Crippen LogP contribution in [0, 0.1) is 5.92 Å². The molecule has 0 aliphatic heterocycles. The molecular weight excluding hydrogens is 360 g/mol. The molecule has 1 aromatic carbocycles. The van der Waals surface area contributed by atoms with Crippen molar-refractivity contribution in [2.75, 3.05) is 6.61 Å². The molecule has 2 heterocycles. The van der Waals surface area contributed by atoms with Crippen LogP contribution in [-0.4, -0.2) is 22.1 Å². The number of esters is 1. The number of benzene rings is 1. The molecule has 1 aliphatic carbocycles. The minimum absolute atomic E-state index is 0.0292. The van der Waals surface area contributed by atoms with E-state index in [-0.39, 0.29) is 11.5 Å². The molecule has 0 unspecified atom stereocenters. The highest BCUT2D eigenvalue weighted by Crippen LogP contribution is 2.35. The maximum Gasteiger partial charge on any atom is 0.338 e. The predicted octanol–water partition coefficient (Wildman–Crippen LogP) is 3.81. The second-order valence-corrected chi connectivity index (χ2v) is 8.21. The number of ether oxygens (including phenoxy) is 1. The Morgan fingerprint density at radius 1 is 1.33 bits per heavy atom. The number of carbonyl (C=O) groups is 1. The van der Waals surface area contributed by atoms with Crippen molar-refractivity contribution in [1.82, 2.24) is 9.55 Å². The van der Waals surface area contributed by atoms with Crippen molar-refractivity contribution in [2.24, 2.45) is 5.92 Å². The van der Waals surface area contributed by atoms with Crippen molar-refractivity contribution in [3.05, 3.63) is 62.5 Å². The first-order valence-electron chi connectivity index (χ1n) is 9.32. The lowest BCUT2D eigenvalue weighted by Crippen LogP contribution is -2.22. The summed E-state index contributed by atoms with van der Waals surface area (Å²) in [6.45, 7) is 4.84. The standard InChI is InChI=1S/C21H22N2O3S/c1-3-26-21(25)15-7-5-14(6-8-15)11-23-12-22-19-18(20(23)24)16-9-4-13(2)10-17(16)27-19/h5-8,12-13H,3-4,9-11H2,1-2H3/t13-/m1/s1. The van der Waals surface area contributed by atoms with Crippen LogP contribution in [0.2, 0.25) is 0 Å². The molecule has 0 spiro atoms. The summed E-state index contributed by atoms with van der Waals surface area (Å²) >= 11 is 1.67. The molecule has 27 heavy (non-hydrogen) atoms. The summed E-state index contributed by atoms with van der Waals surface area (Å²) in [6.07, 6.45) is 4.77. The van der Waals surface area contributed by atoms with E-state index < -0.39 is 0 Å². The number of aryl methyl sites for hydroxylation is 1. The van der Waals surface area contributed by atoms with Gasteiger partial charge in [-0.2, -0.15) is 0 Å². The van der Waals surface area contributed by atoms with E-state index in [1.807, 2.05) is 12.1 Å². The molecule has 5 nitrogen and oxygen atoms in total. The highest BCUT2D eigenvalue weighted by Gasteiger charge is 2.23. The van der Waals surface area contributed by atoms with Crippen LogP contribution in [0.5, 0.6) is 0 Å². The normalized spacial score (nSPS) is 16.3. The highest BCUT2D eigenvalue weighted by molar-refractivity contribution is 7.18. The van der Waals surface area contributed by atoms with E-state index >= 15 is 0 Å². The van der Waals surface area contributed by atoms with Crippen LogP contribution < -0.4 is 5.56 Å². The lowest BCUT2D eigenvalue weighted by molar-refractivity contribution is 0.0526. The van der Waals surface area contributed by atoms with Crippen LogP contribution in [0.15, 0.2) is 35.4 Å². The summed E-state index contributed by atoms with van der Waals surface area (Å²) in [4.78, 5) is 31.5. The Morgan fingerprint density at radius 2 is 2.11 bits per heavy atom. The third-order valence-electron chi connectivity index (χ3n) is 5.10. The Balaban J connectivity index is 1.64. The number of carbonyl (C=O) groups excluding carboxylic acids is 1. The fourth-order valence-corrected chi connectivity index (χ4v) is 4.98. The molecule has 1 aliphatic rings. The summed E-state index contributed by atoms with van der Waals surface area (Å²) in [5, 5.41) is 0.799. The monoisotopic (exact) mass is 382 g/mol. The molecular formula is C21H22N2O3S. The number of nitrogens with zero attached hydrogens (tertiary/aromatic N) is 2. The number of rotatable bonds is 4. The van der Waals surface area contributed by atoms with E-state index in [0.717, 1.165) is 35.0 Å². The predicted molar refractivity (Wildman–Crippen MR) is 107 cm³/mol. The molecule has 0 bridgehead atoms. The number of hydrogen-bond donors (Lipinski definition) is 0. The minimum Gasteiger partial charge on any atom is -0.462 e. The first-order chi connectivity index (χ1) is 13.1. The van der Waals surface area contributed by atoms with Crippen LogP contribution in [0.25, 0.3) is 10.2 Å². The molecule has 3 aromatic rings. The molecule has 6 heteroatoms. The zero-order chi connectivity index (χ0) is 19.0. The molecule has 4 rings (SSSR count). The Bertz CT molecular complexity index is 1050. The van der Waals surface area contributed by atoms with Gasteiger partial charge in [0, 0.05) is 4.88 Å². The summed E-state index contributed by atoms with van der Waals surface area (Å²) in [5.74, 6) is 0.342. The van der Waals surface area contributed by atoms with Crippen molar-refractivity contribution < 1.29 is 9.53 Å². The Hall–Kier alpha value is -2.47. The van der Waals surface area contributed by atoms with Gasteiger partial charge in [0.15, 0.2) is 0 Å². The maximum atomic E-state index is 13.1.